The van der Waals surface area contributed by atoms with Crippen molar-refractivity contribution in [3.8, 4) is 11.3 Å². The molecule has 1 saturated heterocycles. The molecule has 0 spiro atoms. The second kappa shape index (κ2) is 6.65. The molecule has 3 heterocycles. The Labute approximate surface area is 153 Å². The summed E-state index contributed by atoms with van der Waals surface area (Å²) in [4.78, 5) is 21.3. The monoisotopic (exact) mass is 374 g/mol. The van der Waals surface area contributed by atoms with E-state index in [9.17, 15) is 9.18 Å². The number of benzene rings is 1. The molecule has 9 heteroatoms. The Morgan fingerprint density at radius 1 is 1.23 bits per heavy atom. The molecule has 2 N–H and O–H groups in total. The SMILES string of the molecule is CC(N)C(=O)N1CCN(c2nn3cc(-c4ccc(F)cc4)nc3s2)CC1. The molecule has 0 aliphatic carbocycles. The zero-order chi connectivity index (χ0) is 18.3. The predicted octanol–water partition coefficient (Wildman–Crippen LogP) is 1.59. The van der Waals surface area contributed by atoms with Crippen molar-refractivity contribution in [1.82, 2.24) is 19.5 Å². The van der Waals surface area contributed by atoms with Crippen LogP contribution in [0.2, 0.25) is 0 Å². The summed E-state index contributed by atoms with van der Waals surface area (Å²) in [5, 5.41) is 5.48. The lowest BCUT2D eigenvalue weighted by atomic mass is 10.2. The number of carbonyl (C=O) groups is 1. The van der Waals surface area contributed by atoms with E-state index in [-0.39, 0.29) is 11.7 Å². The Morgan fingerprint density at radius 2 is 1.92 bits per heavy atom. The minimum Gasteiger partial charge on any atom is -0.343 e. The molecular weight excluding hydrogens is 355 g/mol. The molecule has 7 nitrogen and oxygen atoms in total. The molecule has 0 saturated carbocycles. The summed E-state index contributed by atoms with van der Waals surface area (Å²) in [6, 6.07) is 5.79. The van der Waals surface area contributed by atoms with Crippen LogP contribution in [0.15, 0.2) is 30.5 Å². The molecule has 1 aliphatic rings. The molecule has 0 bridgehead atoms. The minimum absolute atomic E-state index is 0.0115. The van der Waals surface area contributed by atoms with Crippen LogP contribution in [0.25, 0.3) is 16.2 Å². The second-order valence-electron chi connectivity index (χ2n) is 6.35. The van der Waals surface area contributed by atoms with Gasteiger partial charge in [-0.15, -0.1) is 5.10 Å². The van der Waals surface area contributed by atoms with Crippen LogP contribution < -0.4 is 10.6 Å². The smallest absolute Gasteiger partial charge is 0.239 e. The number of aromatic nitrogens is 3. The molecule has 1 aromatic carbocycles. The molecule has 1 amide bonds. The van der Waals surface area contributed by atoms with Gasteiger partial charge in [0, 0.05) is 31.7 Å². The zero-order valence-corrected chi connectivity index (χ0v) is 15.1. The van der Waals surface area contributed by atoms with E-state index >= 15 is 0 Å². The molecule has 1 unspecified atom stereocenters. The number of halogens is 1. The van der Waals surface area contributed by atoms with E-state index in [2.05, 4.69) is 15.0 Å². The molecule has 26 heavy (non-hydrogen) atoms. The van der Waals surface area contributed by atoms with Gasteiger partial charge in [0.2, 0.25) is 16.0 Å². The van der Waals surface area contributed by atoms with Crippen LogP contribution in [-0.4, -0.2) is 57.6 Å². The van der Waals surface area contributed by atoms with Gasteiger partial charge in [-0.1, -0.05) is 11.3 Å². The van der Waals surface area contributed by atoms with Crippen molar-refractivity contribution in [3.05, 3.63) is 36.3 Å². The second-order valence-corrected chi connectivity index (χ2v) is 7.28. The van der Waals surface area contributed by atoms with Crippen LogP contribution in [0, 0.1) is 5.82 Å². The summed E-state index contributed by atoms with van der Waals surface area (Å²) in [5.74, 6) is -0.278. The minimum atomic E-state index is -0.463. The summed E-state index contributed by atoms with van der Waals surface area (Å²) in [5.41, 5.74) is 7.29. The first kappa shape index (κ1) is 16.9. The van der Waals surface area contributed by atoms with E-state index in [1.165, 1.54) is 23.5 Å². The fraction of sp³-hybridized carbons (Fsp3) is 0.353. The maximum atomic E-state index is 13.1. The van der Waals surface area contributed by atoms with Crippen LogP contribution in [0.3, 0.4) is 0 Å². The molecule has 0 radical (unpaired) electrons. The average Bonchev–Trinajstić information content (AvgIpc) is 3.21. The van der Waals surface area contributed by atoms with Crippen molar-refractivity contribution in [1.29, 1.82) is 0 Å². The van der Waals surface area contributed by atoms with E-state index in [0.29, 0.717) is 13.1 Å². The highest BCUT2D eigenvalue weighted by atomic mass is 32.1. The highest BCUT2D eigenvalue weighted by Gasteiger charge is 2.25. The predicted molar refractivity (Wildman–Crippen MR) is 98.7 cm³/mol. The van der Waals surface area contributed by atoms with E-state index in [4.69, 9.17) is 5.73 Å². The summed E-state index contributed by atoms with van der Waals surface area (Å²) in [6.07, 6.45) is 1.85. The van der Waals surface area contributed by atoms with Crippen molar-refractivity contribution < 1.29 is 9.18 Å². The topological polar surface area (TPSA) is 79.8 Å². The lowest BCUT2D eigenvalue weighted by Gasteiger charge is -2.35. The quantitative estimate of drug-likeness (QED) is 0.753. The molecule has 2 aromatic heterocycles. The van der Waals surface area contributed by atoms with Gasteiger partial charge in [0.15, 0.2) is 0 Å². The Morgan fingerprint density at radius 3 is 2.54 bits per heavy atom. The van der Waals surface area contributed by atoms with Gasteiger partial charge in [0.25, 0.3) is 0 Å². The maximum Gasteiger partial charge on any atom is 0.239 e. The Bertz CT molecular complexity index is 895. The van der Waals surface area contributed by atoms with Crippen LogP contribution >= 0.6 is 11.3 Å². The number of carbonyl (C=O) groups excluding carboxylic acids is 1. The molecule has 1 atom stereocenters. The fourth-order valence-electron chi connectivity index (χ4n) is 2.98. The van der Waals surface area contributed by atoms with Crippen molar-refractivity contribution >= 4 is 27.3 Å². The van der Waals surface area contributed by atoms with Gasteiger partial charge in [-0.2, -0.15) is 0 Å². The molecule has 4 rings (SSSR count). The standard InChI is InChI=1S/C17H19FN6OS/c1-11(19)15(25)22-6-8-23(9-7-22)17-21-24-10-14(20-16(24)26-17)12-2-4-13(18)5-3-12/h2-5,10-11H,6-9,19H2,1H3. The van der Waals surface area contributed by atoms with Crippen molar-refractivity contribution in [2.75, 3.05) is 31.1 Å². The van der Waals surface area contributed by atoms with Crippen molar-refractivity contribution in [2.24, 2.45) is 5.73 Å². The van der Waals surface area contributed by atoms with Gasteiger partial charge >= 0.3 is 0 Å². The number of nitrogens with zero attached hydrogens (tertiary/aromatic N) is 5. The first-order valence-corrected chi connectivity index (χ1v) is 9.24. The lowest BCUT2D eigenvalue weighted by Crippen LogP contribution is -2.52. The number of rotatable bonds is 3. The number of piperazine rings is 1. The fourth-order valence-corrected chi connectivity index (χ4v) is 3.92. The third-order valence-electron chi connectivity index (χ3n) is 4.42. The number of anilines is 1. The van der Waals surface area contributed by atoms with Gasteiger partial charge in [-0.25, -0.2) is 13.9 Å². The number of imidazole rings is 1. The lowest BCUT2D eigenvalue weighted by molar-refractivity contribution is -0.132. The zero-order valence-electron chi connectivity index (χ0n) is 14.3. The van der Waals surface area contributed by atoms with Crippen LogP contribution in [0.5, 0.6) is 0 Å². The van der Waals surface area contributed by atoms with Crippen LogP contribution in [-0.2, 0) is 4.79 Å². The van der Waals surface area contributed by atoms with Crippen molar-refractivity contribution in [3.63, 3.8) is 0 Å². The molecule has 1 fully saturated rings. The van der Waals surface area contributed by atoms with E-state index in [1.807, 2.05) is 6.20 Å². The third-order valence-corrected chi connectivity index (χ3v) is 5.41. The number of amides is 1. The van der Waals surface area contributed by atoms with Gasteiger partial charge in [0.05, 0.1) is 17.9 Å². The van der Waals surface area contributed by atoms with E-state index in [0.717, 1.165) is 34.4 Å². The Hall–Kier alpha value is -2.52. The molecule has 1 aliphatic heterocycles. The molecule has 3 aromatic rings. The summed E-state index contributed by atoms with van der Waals surface area (Å²) in [6.45, 7) is 4.44. The van der Waals surface area contributed by atoms with E-state index < -0.39 is 6.04 Å². The Kier molecular flexibility index (Phi) is 4.33. The summed E-state index contributed by atoms with van der Waals surface area (Å²) >= 11 is 1.50. The number of fused-ring (bicyclic) bond motifs is 1. The van der Waals surface area contributed by atoms with E-state index in [1.54, 1.807) is 28.5 Å². The van der Waals surface area contributed by atoms with Gasteiger partial charge < -0.3 is 15.5 Å². The van der Waals surface area contributed by atoms with Gasteiger partial charge in [-0.3, -0.25) is 4.79 Å². The number of hydrogen-bond acceptors (Lipinski definition) is 6. The Balaban J connectivity index is 1.48. The highest BCUT2D eigenvalue weighted by Crippen LogP contribution is 2.27. The number of nitrogens with two attached hydrogens (primary N) is 1. The summed E-state index contributed by atoms with van der Waals surface area (Å²) < 4.78 is 14.8. The van der Waals surface area contributed by atoms with Gasteiger partial charge in [0.1, 0.15) is 5.82 Å². The van der Waals surface area contributed by atoms with Crippen LogP contribution in [0.1, 0.15) is 6.92 Å². The number of hydrogen-bond donors (Lipinski definition) is 1. The maximum absolute atomic E-state index is 13.1. The largest absolute Gasteiger partial charge is 0.343 e. The normalized spacial score (nSPS) is 16.3. The first-order chi connectivity index (χ1) is 12.5. The first-order valence-electron chi connectivity index (χ1n) is 8.43. The average molecular weight is 374 g/mol. The van der Waals surface area contributed by atoms with Crippen molar-refractivity contribution in [2.45, 2.75) is 13.0 Å². The highest BCUT2D eigenvalue weighted by molar-refractivity contribution is 7.20. The van der Waals surface area contributed by atoms with Gasteiger partial charge in [-0.05, 0) is 31.2 Å². The summed E-state index contributed by atoms with van der Waals surface area (Å²) in [7, 11) is 0. The third kappa shape index (κ3) is 3.15. The molecular formula is C17H19FN6OS. The molecule has 136 valence electrons. The van der Waals surface area contributed by atoms with Crippen LogP contribution in [0.4, 0.5) is 9.52 Å².